The molecule has 0 atom stereocenters. The molecule has 0 bridgehead atoms. The van der Waals surface area contributed by atoms with E-state index in [1.54, 1.807) is 0 Å². The minimum atomic E-state index is 0.637. The van der Waals surface area contributed by atoms with Crippen LogP contribution in [0, 0.1) is 0 Å². The molecule has 0 aliphatic carbocycles. The van der Waals surface area contributed by atoms with E-state index in [9.17, 15) is 0 Å². The second kappa shape index (κ2) is 8.96. The van der Waals surface area contributed by atoms with Crippen LogP contribution in [-0.2, 0) is 6.54 Å². The second-order valence-electron chi connectivity index (χ2n) is 5.21. The van der Waals surface area contributed by atoms with E-state index in [4.69, 9.17) is 11.6 Å². The van der Waals surface area contributed by atoms with Crippen LogP contribution in [0.3, 0.4) is 0 Å². The molecule has 4 heteroatoms. The van der Waals surface area contributed by atoms with E-state index in [1.165, 1.54) is 24.9 Å². The van der Waals surface area contributed by atoms with E-state index in [1.807, 2.05) is 12.1 Å². The third-order valence-electron chi connectivity index (χ3n) is 3.31. The van der Waals surface area contributed by atoms with Gasteiger partial charge in [-0.15, -0.1) is 0 Å². The largest absolute Gasteiger partial charge is 0.313 e. The highest BCUT2D eigenvalue weighted by Crippen LogP contribution is 2.22. The molecule has 19 heavy (non-hydrogen) atoms. The van der Waals surface area contributed by atoms with Gasteiger partial charge in [-0.25, -0.2) is 0 Å². The molecule has 0 aromatic heterocycles. The lowest BCUT2D eigenvalue weighted by atomic mass is 10.2. The third-order valence-corrected chi connectivity index (χ3v) is 4.54. The number of nitrogens with zero attached hydrogens (tertiary/aromatic N) is 1. The molecule has 0 fully saturated rings. The molecule has 1 N–H and O–H groups in total. The molecule has 0 saturated carbocycles. The normalized spacial score (nSPS) is 11.5. The standard InChI is InChI=1S/C15H24BrClN2/c1-12(2)19(3)9-5-4-8-18-11-13-6-7-14(16)15(17)10-13/h6-7,10,12,18H,4-5,8-9,11H2,1-3H3. The van der Waals surface area contributed by atoms with E-state index in [2.05, 4.69) is 53.1 Å². The molecule has 108 valence electrons. The first-order valence-electron chi connectivity index (χ1n) is 6.85. The molecule has 0 radical (unpaired) electrons. The second-order valence-corrected chi connectivity index (χ2v) is 6.47. The quantitative estimate of drug-likeness (QED) is 0.705. The lowest BCUT2D eigenvalue weighted by Crippen LogP contribution is -2.27. The van der Waals surface area contributed by atoms with Gasteiger partial charge in [0.15, 0.2) is 0 Å². The molecule has 0 amide bonds. The van der Waals surface area contributed by atoms with Crippen LogP contribution in [0.4, 0.5) is 0 Å². The van der Waals surface area contributed by atoms with E-state index in [0.29, 0.717) is 6.04 Å². The Morgan fingerprint density at radius 1 is 1.32 bits per heavy atom. The number of unbranched alkanes of at least 4 members (excludes halogenated alkanes) is 1. The molecule has 0 aliphatic rings. The van der Waals surface area contributed by atoms with Crippen LogP contribution in [0.2, 0.25) is 5.02 Å². The van der Waals surface area contributed by atoms with Gasteiger partial charge in [0.2, 0.25) is 0 Å². The van der Waals surface area contributed by atoms with Gasteiger partial charge in [0, 0.05) is 17.1 Å². The SMILES string of the molecule is CC(C)N(C)CCCCNCc1ccc(Br)c(Cl)c1. The molecule has 1 aromatic rings. The maximum absolute atomic E-state index is 6.06. The number of benzene rings is 1. The van der Waals surface area contributed by atoms with Gasteiger partial charge in [0.05, 0.1) is 5.02 Å². The first kappa shape index (κ1) is 17.0. The Balaban J connectivity index is 2.12. The van der Waals surface area contributed by atoms with Crippen molar-refractivity contribution in [3.05, 3.63) is 33.3 Å². The summed E-state index contributed by atoms with van der Waals surface area (Å²) in [6, 6.07) is 6.73. The van der Waals surface area contributed by atoms with Crippen LogP contribution >= 0.6 is 27.5 Å². The molecule has 1 aromatic carbocycles. The summed E-state index contributed by atoms with van der Waals surface area (Å²) in [4.78, 5) is 2.38. The van der Waals surface area contributed by atoms with Gasteiger partial charge < -0.3 is 10.2 Å². The molecule has 0 unspecified atom stereocenters. The fraction of sp³-hybridized carbons (Fsp3) is 0.600. The van der Waals surface area contributed by atoms with Crippen molar-refractivity contribution in [2.45, 2.75) is 39.3 Å². The summed E-state index contributed by atoms with van der Waals surface area (Å²) in [6.07, 6.45) is 2.45. The van der Waals surface area contributed by atoms with E-state index < -0.39 is 0 Å². The zero-order valence-corrected chi connectivity index (χ0v) is 14.4. The smallest absolute Gasteiger partial charge is 0.0551 e. The Morgan fingerprint density at radius 2 is 2.05 bits per heavy atom. The number of hydrogen-bond acceptors (Lipinski definition) is 2. The van der Waals surface area contributed by atoms with Crippen molar-refractivity contribution in [1.29, 1.82) is 0 Å². The summed E-state index contributed by atoms with van der Waals surface area (Å²) in [5, 5.41) is 4.23. The Hall–Kier alpha value is -0.0900. The monoisotopic (exact) mass is 346 g/mol. The molecule has 0 heterocycles. The summed E-state index contributed by atoms with van der Waals surface area (Å²) >= 11 is 9.46. The molecular weight excluding hydrogens is 324 g/mol. The van der Waals surface area contributed by atoms with Crippen LogP contribution in [0.15, 0.2) is 22.7 Å². The number of hydrogen-bond donors (Lipinski definition) is 1. The van der Waals surface area contributed by atoms with Crippen LogP contribution < -0.4 is 5.32 Å². The van der Waals surface area contributed by atoms with Crippen molar-refractivity contribution >= 4 is 27.5 Å². The molecule has 0 aliphatic heterocycles. The molecular formula is C15H24BrClN2. The predicted octanol–water partition coefficient (Wildman–Crippen LogP) is 4.31. The Labute approximate surface area is 130 Å². The summed E-state index contributed by atoms with van der Waals surface area (Å²) in [5.74, 6) is 0. The van der Waals surface area contributed by atoms with Crippen molar-refractivity contribution < 1.29 is 0 Å². The number of nitrogens with one attached hydrogen (secondary N) is 1. The molecule has 1 rings (SSSR count). The topological polar surface area (TPSA) is 15.3 Å². The highest BCUT2D eigenvalue weighted by molar-refractivity contribution is 9.10. The maximum atomic E-state index is 6.06. The third kappa shape index (κ3) is 6.75. The van der Waals surface area contributed by atoms with E-state index in [-0.39, 0.29) is 0 Å². The van der Waals surface area contributed by atoms with Gasteiger partial charge >= 0.3 is 0 Å². The fourth-order valence-electron chi connectivity index (χ4n) is 1.75. The summed E-state index contributed by atoms with van der Waals surface area (Å²) in [6.45, 7) is 7.57. The number of halogens is 2. The highest BCUT2D eigenvalue weighted by Gasteiger charge is 2.02. The Morgan fingerprint density at radius 3 is 2.68 bits per heavy atom. The predicted molar refractivity (Wildman–Crippen MR) is 87.9 cm³/mol. The van der Waals surface area contributed by atoms with Gasteiger partial charge in [-0.1, -0.05) is 17.7 Å². The summed E-state index contributed by atoms with van der Waals surface area (Å²) in [7, 11) is 2.18. The summed E-state index contributed by atoms with van der Waals surface area (Å²) in [5.41, 5.74) is 1.23. The molecule has 0 spiro atoms. The average Bonchev–Trinajstić information content (AvgIpc) is 2.37. The highest BCUT2D eigenvalue weighted by atomic mass is 79.9. The average molecular weight is 348 g/mol. The number of rotatable bonds is 8. The Kier molecular flexibility index (Phi) is 8.00. The lowest BCUT2D eigenvalue weighted by Gasteiger charge is -2.20. The first-order valence-corrected chi connectivity index (χ1v) is 8.02. The van der Waals surface area contributed by atoms with Crippen molar-refractivity contribution in [3.8, 4) is 0 Å². The van der Waals surface area contributed by atoms with Crippen LogP contribution in [0.25, 0.3) is 0 Å². The zero-order valence-electron chi connectivity index (χ0n) is 12.0. The Bertz CT molecular complexity index is 382. The fourth-order valence-corrected chi connectivity index (χ4v) is 2.20. The van der Waals surface area contributed by atoms with Gasteiger partial charge in [-0.2, -0.15) is 0 Å². The van der Waals surface area contributed by atoms with E-state index in [0.717, 1.165) is 22.6 Å². The van der Waals surface area contributed by atoms with Crippen molar-refractivity contribution in [2.24, 2.45) is 0 Å². The van der Waals surface area contributed by atoms with Crippen LogP contribution in [0.5, 0.6) is 0 Å². The van der Waals surface area contributed by atoms with Crippen LogP contribution in [0.1, 0.15) is 32.3 Å². The molecule has 2 nitrogen and oxygen atoms in total. The van der Waals surface area contributed by atoms with Gasteiger partial charge in [0.1, 0.15) is 0 Å². The zero-order chi connectivity index (χ0) is 14.3. The minimum Gasteiger partial charge on any atom is -0.313 e. The lowest BCUT2D eigenvalue weighted by molar-refractivity contribution is 0.268. The van der Waals surface area contributed by atoms with Gasteiger partial charge in [0.25, 0.3) is 0 Å². The van der Waals surface area contributed by atoms with Crippen molar-refractivity contribution in [3.63, 3.8) is 0 Å². The van der Waals surface area contributed by atoms with Crippen molar-refractivity contribution in [2.75, 3.05) is 20.1 Å². The summed E-state index contributed by atoms with van der Waals surface area (Å²) < 4.78 is 0.953. The molecule has 0 saturated heterocycles. The van der Waals surface area contributed by atoms with Gasteiger partial charge in [-0.05, 0) is 80.5 Å². The minimum absolute atomic E-state index is 0.637. The first-order chi connectivity index (χ1) is 9.00. The van der Waals surface area contributed by atoms with Crippen molar-refractivity contribution in [1.82, 2.24) is 10.2 Å². The van der Waals surface area contributed by atoms with Crippen LogP contribution in [-0.4, -0.2) is 31.1 Å². The maximum Gasteiger partial charge on any atom is 0.0551 e. The van der Waals surface area contributed by atoms with Gasteiger partial charge in [-0.3, -0.25) is 0 Å². The van der Waals surface area contributed by atoms with E-state index >= 15 is 0 Å².